The molecule has 3 heterocycles. The van der Waals surface area contributed by atoms with Crippen LogP contribution in [0.1, 0.15) is 29.3 Å². The molecule has 1 amide bonds. The number of likely N-dealkylation sites (tertiary alicyclic amines) is 1. The van der Waals surface area contributed by atoms with Gasteiger partial charge in [-0.05, 0) is 30.5 Å². The second-order valence-electron chi connectivity index (χ2n) is 6.63. The van der Waals surface area contributed by atoms with Crippen molar-refractivity contribution in [3.05, 3.63) is 59.3 Å². The van der Waals surface area contributed by atoms with Gasteiger partial charge in [0.1, 0.15) is 6.10 Å². The summed E-state index contributed by atoms with van der Waals surface area (Å²) in [5, 5.41) is 0. The molecule has 130 valence electrons. The van der Waals surface area contributed by atoms with E-state index in [2.05, 4.69) is 11.1 Å². The third-order valence-corrected chi connectivity index (χ3v) is 4.82. The molecule has 0 radical (unpaired) electrons. The van der Waals surface area contributed by atoms with Crippen LogP contribution in [0.15, 0.2) is 42.5 Å². The van der Waals surface area contributed by atoms with Crippen LogP contribution in [0.4, 0.5) is 0 Å². The summed E-state index contributed by atoms with van der Waals surface area (Å²) in [4.78, 5) is 19.2. The van der Waals surface area contributed by atoms with E-state index in [4.69, 9.17) is 9.47 Å². The van der Waals surface area contributed by atoms with Crippen LogP contribution in [0.25, 0.3) is 0 Å². The molecule has 25 heavy (non-hydrogen) atoms. The third kappa shape index (κ3) is 3.37. The number of rotatable bonds is 3. The van der Waals surface area contributed by atoms with Gasteiger partial charge in [0.15, 0.2) is 6.10 Å². The molecule has 0 bridgehead atoms. The maximum Gasteiger partial charge on any atom is 0.256 e. The van der Waals surface area contributed by atoms with Gasteiger partial charge in [0, 0.05) is 24.7 Å². The lowest BCUT2D eigenvalue weighted by atomic mass is 9.97. The maximum atomic E-state index is 12.9. The number of fused-ring (bicyclic) bond motifs is 1. The molecular weight excluding hydrogens is 316 g/mol. The highest BCUT2D eigenvalue weighted by molar-refractivity contribution is 5.83. The molecule has 1 fully saturated rings. The topological polar surface area (TPSA) is 51.7 Å². The molecular formula is C20H22N2O3. The molecule has 4 rings (SSSR count). The van der Waals surface area contributed by atoms with Gasteiger partial charge in [-0.15, -0.1) is 0 Å². The lowest BCUT2D eigenvalue weighted by molar-refractivity contribution is -0.144. The number of hydrogen-bond donors (Lipinski definition) is 0. The minimum absolute atomic E-state index is 0.0166. The molecule has 1 aromatic heterocycles. The molecule has 0 spiro atoms. The zero-order valence-corrected chi connectivity index (χ0v) is 14.4. The van der Waals surface area contributed by atoms with E-state index in [0.29, 0.717) is 25.6 Å². The fourth-order valence-electron chi connectivity index (χ4n) is 3.54. The highest BCUT2D eigenvalue weighted by atomic mass is 16.5. The van der Waals surface area contributed by atoms with Crippen molar-refractivity contribution in [3.8, 4) is 5.88 Å². The minimum Gasteiger partial charge on any atom is -0.472 e. The number of nitrogens with zero attached hydrogens (tertiary/aromatic N) is 2. The van der Waals surface area contributed by atoms with E-state index in [-0.39, 0.29) is 12.0 Å². The van der Waals surface area contributed by atoms with Gasteiger partial charge in [-0.1, -0.05) is 30.3 Å². The van der Waals surface area contributed by atoms with Gasteiger partial charge in [-0.25, -0.2) is 4.98 Å². The highest BCUT2D eigenvalue weighted by Crippen LogP contribution is 2.30. The molecule has 2 aliphatic rings. The van der Waals surface area contributed by atoms with Gasteiger partial charge < -0.3 is 14.4 Å². The maximum absolute atomic E-state index is 12.9. The molecule has 0 aliphatic carbocycles. The van der Waals surface area contributed by atoms with Crippen LogP contribution >= 0.6 is 0 Å². The Labute approximate surface area is 147 Å². The van der Waals surface area contributed by atoms with Gasteiger partial charge in [-0.2, -0.15) is 0 Å². The van der Waals surface area contributed by atoms with Gasteiger partial charge in [0.2, 0.25) is 5.88 Å². The second-order valence-corrected chi connectivity index (χ2v) is 6.63. The summed E-state index contributed by atoms with van der Waals surface area (Å²) in [6.07, 6.45) is 1.18. The predicted octanol–water partition coefficient (Wildman–Crippen LogP) is 2.68. The number of hydrogen-bond acceptors (Lipinski definition) is 4. The van der Waals surface area contributed by atoms with E-state index in [1.54, 1.807) is 0 Å². The minimum atomic E-state index is -0.485. The van der Waals surface area contributed by atoms with E-state index < -0.39 is 6.10 Å². The summed E-state index contributed by atoms with van der Waals surface area (Å²) in [5.41, 5.74) is 3.14. The standard InChI is InChI=1S/C20H22N2O3/c1-14-5-4-8-18(21-14)25-16-9-11-22(13-16)20(23)19-17-7-3-2-6-15(17)10-12-24-19/h2-8,16,19H,9-13H2,1H3. The average Bonchev–Trinajstić information content (AvgIpc) is 3.09. The van der Waals surface area contributed by atoms with Gasteiger partial charge in [-0.3, -0.25) is 4.79 Å². The number of carbonyl (C=O) groups excluding carboxylic acids is 1. The first-order valence-electron chi connectivity index (χ1n) is 8.79. The summed E-state index contributed by atoms with van der Waals surface area (Å²) >= 11 is 0. The Morgan fingerprint density at radius 1 is 1.24 bits per heavy atom. The fraction of sp³-hybridized carbons (Fsp3) is 0.400. The molecule has 2 aliphatic heterocycles. The number of pyridine rings is 1. The van der Waals surface area contributed by atoms with E-state index >= 15 is 0 Å². The zero-order valence-electron chi connectivity index (χ0n) is 14.4. The monoisotopic (exact) mass is 338 g/mol. The predicted molar refractivity (Wildman–Crippen MR) is 93.4 cm³/mol. The average molecular weight is 338 g/mol. The van der Waals surface area contributed by atoms with Gasteiger partial charge >= 0.3 is 0 Å². The number of aromatic nitrogens is 1. The molecule has 5 heteroatoms. The molecule has 2 atom stereocenters. The Morgan fingerprint density at radius 2 is 2.12 bits per heavy atom. The van der Waals surface area contributed by atoms with Crippen molar-refractivity contribution in [2.75, 3.05) is 19.7 Å². The van der Waals surface area contributed by atoms with Crippen LogP contribution < -0.4 is 4.74 Å². The summed E-state index contributed by atoms with van der Waals surface area (Å²) in [6, 6.07) is 13.8. The van der Waals surface area contributed by atoms with Crippen LogP contribution in [-0.4, -0.2) is 41.6 Å². The smallest absolute Gasteiger partial charge is 0.256 e. The van der Waals surface area contributed by atoms with Crippen molar-refractivity contribution >= 4 is 5.91 Å². The molecule has 2 aromatic rings. The van der Waals surface area contributed by atoms with E-state index in [0.717, 1.165) is 24.1 Å². The third-order valence-electron chi connectivity index (χ3n) is 4.82. The van der Waals surface area contributed by atoms with E-state index in [9.17, 15) is 4.79 Å². The summed E-state index contributed by atoms with van der Waals surface area (Å²) in [7, 11) is 0. The van der Waals surface area contributed by atoms with Gasteiger partial charge in [0.25, 0.3) is 5.91 Å². The quantitative estimate of drug-likeness (QED) is 0.863. The van der Waals surface area contributed by atoms with Crippen molar-refractivity contribution in [1.82, 2.24) is 9.88 Å². The molecule has 1 aromatic carbocycles. The number of ether oxygens (including phenoxy) is 2. The Morgan fingerprint density at radius 3 is 3.00 bits per heavy atom. The Kier molecular flexibility index (Phi) is 4.40. The van der Waals surface area contributed by atoms with Crippen LogP contribution in [0, 0.1) is 6.92 Å². The van der Waals surface area contributed by atoms with Gasteiger partial charge in [0.05, 0.1) is 13.2 Å². The lowest BCUT2D eigenvalue weighted by Crippen LogP contribution is -2.37. The lowest BCUT2D eigenvalue weighted by Gasteiger charge is -2.28. The van der Waals surface area contributed by atoms with Crippen molar-refractivity contribution in [1.29, 1.82) is 0 Å². The summed E-state index contributed by atoms with van der Waals surface area (Å²) in [6.45, 7) is 3.80. The Balaban J connectivity index is 1.43. The molecule has 2 unspecified atom stereocenters. The SMILES string of the molecule is Cc1cccc(OC2CCN(C(=O)C3OCCc4ccccc43)C2)n1. The zero-order chi connectivity index (χ0) is 17.2. The highest BCUT2D eigenvalue weighted by Gasteiger charge is 2.35. The largest absolute Gasteiger partial charge is 0.472 e. The van der Waals surface area contributed by atoms with Crippen molar-refractivity contribution in [3.63, 3.8) is 0 Å². The number of benzene rings is 1. The van der Waals surface area contributed by atoms with Crippen LogP contribution in [-0.2, 0) is 16.0 Å². The number of carbonyl (C=O) groups is 1. The first-order valence-corrected chi connectivity index (χ1v) is 8.79. The summed E-state index contributed by atoms with van der Waals surface area (Å²) < 4.78 is 11.8. The Hall–Kier alpha value is -2.40. The van der Waals surface area contributed by atoms with Crippen LogP contribution in [0.2, 0.25) is 0 Å². The molecule has 1 saturated heterocycles. The number of aryl methyl sites for hydroxylation is 1. The van der Waals surface area contributed by atoms with Crippen molar-refractivity contribution in [2.45, 2.75) is 32.0 Å². The van der Waals surface area contributed by atoms with Crippen LogP contribution in [0.3, 0.4) is 0 Å². The summed E-state index contributed by atoms with van der Waals surface area (Å²) in [5.74, 6) is 0.661. The first kappa shape index (κ1) is 16.1. The molecule has 5 nitrogen and oxygen atoms in total. The normalized spacial score (nSPS) is 22.5. The van der Waals surface area contributed by atoms with Crippen molar-refractivity contribution in [2.24, 2.45) is 0 Å². The van der Waals surface area contributed by atoms with Crippen molar-refractivity contribution < 1.29 is 14.3 Å². The molecule has 0 saturated carbocycles. The Bertz CT molecular complexity index is 777. The molecule has 0 N–H and O–H groups in total. The van der Waals surface area contributed by atoms with Crippen LogP contribution in [0.5, 0.6) is 5.88 Å². The van der Waals surface area contributed by atoms with E-state index in [1.165, 1.54) is 5.56 Å². The number of amides is 1. The second kappa shape index (κ2) is 6.84. The first-order chi connectivity index (χ1) is 12.2. The van der Waals surface area contributed by atoms with E-state index in [1.807, 2.05) is 48.2 Å². The fourth-order valence-corrected chi connectivity index (χ4v) is 3.54.